The summed E-state index contributed by atoms with van der Waals surface area (Å²) in [6, 6.07) is 20.3. The summed E-state index contributed by atoms with van der Waals surface area (Å²) in [5, 5.41) is 18.6. The highest BCUT2D eigenvalue weighted by Crippen LogP contribution is 2.20. The number of para-hydroxylation sites is 1. The van der Waals surface area contributed by atoms with Crippen molar-refractivity contribution in [1.82, 2.24) is 15.7 Å². The van der Waals surface area contributed by atoms with Gasteiger partial charge in [-0.3, -0.25) is 19.7 Å². The lowest BCUT2D eigenvalue weighted by Crippen LogP contribution is -2.32. The van der Waals surface area contributed by atoms with Crippen LogP contribution in [0.3, 0.4) is 0 Å². The molecule has 192 valence electrons. The fourth-order valence-electron chi connectivity index (χ4n) is 3.80. The number of benzene rings is 3. The monoisotopic (exact) mass is 510 g/mol. The lowest BCUT2D eigenvalue weighted by Gasteiger charge is -2.12. The third kappa shape index (κ3) is 5.93. The highest BCUT2D eigenvalue weighted by Gasteiger charge is 2.16. The molecule has 0 saturated carbocycles. The first-order chi connectivity index (χ1) is 18.2. The number of non-ortho nitro benzene ring substituents is 1. The number of hydrazone groups is 1. The van der Waals surface area contributed by atoms with Crippen molar-refractivity contribution < 1.29 is 14.5 Å². The quantitative estimate of drug-likeness (QED) is 0.140. The van der Waals surface area contributed by atoms with Crippen LogP contribution in [-0.2, 0) is 4.79 Å². The molecule has 0 spiro atoms. The third-order valence-electron chi connectivity index (χ3n) is 5.86. The zero-order chi connectivity index (χ0) is 27.2. The fourth-order valence-corrected chi connectivity index (χ4v) is 3.80. The number of nitro benzene ring substituents is 1. The molecular weight excluding hydrogens is 484 g/mol. The normalized spacial score (nSPS) is 11.5. The molecule has 1 aromatic heterocycles. The van der Waals surface area contributed by atoms with E-state index >= 15 is 0 Å². The van der Waals surface area contributed by atoms with Crippen LogP contribution in [0.2, 0.25) is 0 Å². The van der Waals surface area contributed by atoms with Gasteiger partial charge in [0.05, 0.1) is 11.1 Å². The number of fused-ring (bicyclic) bond motifs is 1. The predicted octanol–water partition coefficient (Wildman–Crippen LogP) is 4.37. The van der Waals surface area contributed by atoms with Crippen LogP contribution in [0.5, 0.6) is 0 Å². The number of amides is 2. The lowest BCUT2D eigenvalue weighted by atomic mass is 10.1. The van der Waals surface area contributed by atoms with Crippen LogP contribution in [0, 0.1) is 17.0 Å². The highest BCUT2D eigenvalue weighted by molar-refractivity contribution is 6.06. The van der Waals surface area contributed by atoms with Gasteiger partial charge in [0.1, 0.15) is 5.70 Å². The van der Waals surface area contributed by atoms with Crippen molar-refractivity contribution in [2.24, 2.45) is 5.10 Å². The number of rotatable bonds is 8. The van der Waals surface area contributed by atoms with Crippen LogP contribution in [0.1, 0.15) is 27.2 Å². The largest absolute Gasteiger partial charge is 0.378 e. The van der Waals surface area contributed by atoms with E-state index in [1.54, 1.807) is 6.21 Å². The standard InChI is InChI=1S/C28H26N6O4/c1-18-24(23-6-4-5-7-25(23)30-18)17-29-32-28(36)26(16-19-8-12-21(13-9-19)33(2)3)31-27(35)20-10-14-22(15-11-20)34(37)38/h4-17,30H,1-3H3,(H,31,35)(H,32,36)/b26-16-,29-17+. The van der Waals surface area contributed by atoms with Gasteiger partial charge in [0, 0.05) is 59.6 Å². The van der Waals surface area contributed by atoms with Crippen molar-refractivity contribution in [2.75, 3.05) is 19.0 Å². The summed E-state index contributed by atoms with van der Waals surface area (Å²) in [7, 11) is 3.84. The second-order valence-electron chi connectivity index (χ2n) is 8.71. The van der Waals surface area contributed by atoms with Crippen LogP contribution < -0.4 is 15.6 Å². The maximum absolute atomic E-state index is 13.1. The van der Waals surface area contributed by atoms with Crippen molar-refractivity contribution in [3.8, 4) is 0 Å². The van der Waals surface area contributed by atoms with Crippen LogP contribution in [-0.4, -0.2) is 42.0 Å². The average molecular weight is 511 g/mol. The number of hydrogen-bond acceptors (Lipinski definition) is 6. The van der Waals surface area contributed by atoms with Gasteiger partial charge < -0.3 is 15.2 Å². The van der Waals surface area contributed by atoms with E-state index in [-0.39, 0.29) is 16.9 Å². The fraction of sp³-hybridized carbons (Fsp3) is 0.107. The number of aromatic amines is 1. The number of nitrogens with one attached hydrogen (secondary N) is 3. The molecule has 1 heterocycles. The smallest absolute Gasteiger partial charge is 0.287 e. The van der Waals surface area contributed by atoms with Gasteiger partial charge in [-0.1, -0.05) is 30.3 Å². The van der Waals surface area contributed by atoms with Crippen molar-refractivity contribution in [1.29, 1.82) is 0 Å². The summed E-state index contributed by atoms with van der Waals surface area (Å²) < 4.78 is 0. The zero-order valence-corrected chi connectivity index (χ0v) is 21.1. The molecule has 0 aliphatic rings. The van der Waals surface area contributed by atoms with Crippen LogP contribution >= 0.6 is 0 Å². The van der Waals surface area contributed by atoms with E-state index in [9.17, 15) is 19.7 Å². The summed E-state index contributed by atoms with van der Waals surface area (Å²) in [6.07, 6.45) is 3.08. The number of carbonyl (C=O) groups excluding carboxylic acids is 2. The molecule has 0 aliphatic carbocycles. The summed E-state index contributed by atoms with van der Waals surface area (Å²) in [5.74, 6) is -1.23. The van der Waals surface area contributed by atoms with Gasteiger partial charge in [-0.2, -0.15) is 5.10 Å². The number of anilines is 1. The number of aryl methyl sites for hydroxylation is 1. The Morgan fingerprint density at radius 3 is 2.34 bits per heavy atom. The van der Waals surface area contributed by atoms with E-state index in [4.69, 9.17) is 0 Å². The van der Waals surface area contributed by atoms with Gasteiger partial charge >= 0.3 is 0 Å². The minimum Gasteiger partial charge on any atom is -0.378 e. The van der Waals surface area contributed by atoms with E-state index in [1.807, 2.05) is 74.4 Å². The minimum absolute atomic E-state index is 0.0428. The Morgan fingerprint density at radius 1 is 1.00 bits per heavy atom. The Bertz CT molecular complexity index is 1550. The molecule has 0 fully saturated rings. The number of aromatic nitrogens is 1. The molecule has 4 aromatic rings. The van der Waals surface area contributed by atoms with Gasteiger partial charge in [-0.25, -0.2) is 5.43 Å². The van der Waals surface area contributed by atoms with E-state index in [1.165, 1.54) is 30.3 Å². The molecule has 0 radical (unpaired) electrons. The first-order valence-electron chi connectivity index (χ1n) is 11.7. The molecule has 10 heteroatoms. The topological polar surface area (TPSA) is 133 Å². The summed E-state index contributed by atoms with van der Waals surface area (Å²) in [6.45, 7) is 1.91. The highest BCUT2D eigenvalue weighted by atomic mass is 16.6. The Morgan fingerprint density at radius 2 is 1.68 bits per heavy atom. The number of carbonyl (C=O) groups is 2. The molecule has 0 bridgehead atoms. The first-order valence-corrected chi connectivity index (χ1v) is 11.7. The van der Waals surface area contributed by atoms with E-state index in [2.05, 4.69) is 20.8 Å². The van der Waals surface area contributed by atoms with Crippen molar-refractivity contribution in [2.45, 2.75) is 6.92 Å². The van der Waals surface area contributed by atoms with Crippen LogP contribution in [0.4, 0.5) is 11.4 Å². The number of hydrogen-bond donors (Lipinski definition) is 3. The molecule has 38 heavy (non-hydrogen) atoms. The third-order valence-corrected chi connectivity index (χ3v) is 5.86. The number of nitro groups is 1. The van der Waals surface area contributed by atoms with Crippen molar-refractivity contribution in [3.05, 3.63) is 111 Å². The lowest BCUT2D eigenvalue weighted by molar-refractivity contribution is -0.384. The molecular formula is C28H26N6O4. The number of H-pyrrole nitrogens is 1. The SMILES string of the molecule is Cc1[nH]c2ccccc2c1/C=N/NC(=O)/C(=C/c1ccc(N(C)C)cc1)NC(=O)c1ccc([N+](=O)[O-])cc1. The molecule has 4 rings (SSSR count). The first kappa shape index (κ1) is 25.8. The second kappa shape index (κ2) is 11.2. The van der Waals surface area contributed by atoms with Crippen molar-refractivity contribution >= 4 is 46.4 Å². The Kier molecular flexibility index (Phi) is 7.62. The molecule has 2 amide bonds. The Balaban J connectivity index is 1.58. The Hall–Kier alpha value is -5.25. The van der Waals surface area contributed by atoms with Gasteiger partial charge in [0.25, 0.3) is 17.5 Å². The molecule has 3 N–H and O–H groups in total. The zero-order valence-electron chi connectivity index (χ0n) is 21.1. The maximum Gasteiger partial charge on any atom is 0.287 e. The average Bonchev–Trinajstić information content (AvgIpc) is 3.23. The molecule has 0 aliphatic heterocycles. The number of nitrogens with zero attached hydrogens (tertiary/aromatic N) is 3. The van der Waals surface area contributed by atoms with Gasteiger partial charge in [-0.05, 0) is 48.9 Å². The second-order valence-corrected chi connectivity index (χ2v) is 8.71. The van der Waals surface area contributed by atoms with Crippen LogP contribution in [0.25, 0.3) is 17.0 Å². The van der Waals surface area contributed by atoms with Crippen LogP contribution in [0.15, 0.2) is 83.6 Å². The molecule has 0 atom stereocenters. The molecule has 0 unspecified atom stereocenters. The molecule has 3 aromatic carbocycles. The van der Waals surface area contributed by atoms with Gasteiger partial charge in [0.15, 0.2) is 0 Å². The summed E-state index contributed by atoms with van der Waals surface area (Å²) in [4.78, 5) is 41.6. The molecule has 10 nitrogen and oxygen atoms in total. The minimum atomic E-state index is -0.634. The Labute approximate surface area is 218 Å². The van der Waals surface area contributed by atoms with Crippen molar-refractivity contribution in [3.63, 3.8) is 0 Å². The molecule has 0 saturated heterocycles. The van der Waals surface area contributed by atoms with Gasteiger partial charge in [-0.15, -0.1) is 0 Å². The van der Waals surface area contributed by atoms with E-state index in [0.717, 1.165) is 27.8 Å². The van der Waals surface area contributed by atoms with Gasteiger partial charge in [0.2, 0.25) is 0 Å². The van der Waals surface area contributed by atoms with E-state index in [0.29, 0.717) is 5.56 Å². The van der Waals surface area contributed by atoms with E-state index < -0.39 is 16.7 Å². The predicted molar refractivity (Wildman–Crippen MR) is 148 cm³/mol. The summed E-state index contributed by atoms with van der Waals surface area (Å²) >= 11 is 0. The summed E-state index contributed by atoms with van der Waals surface area (Å²) in [5.41, 5.74) is 6.80. The maximum atomic E-state index is 13.1.